The van der Waals surface area contributed by atoms with Crippen molar-refractivity contribution in [2.24, 2.45) is 11.1 Å². The van der Waals surface area contributed by atoms with E-state index >= 15 is 0 Å². The minimum atomic E-state index is -3.42. The lowest BCUT2D eigenvalue weighted by atomic mass is 10.00. The molecule has 1 heterocycles. The largest absolute Gasteiger partial charge is 0.338 e. The molecule has 3 N–H and O–H groups in total. The number of urea groups is 1. The number of nitrogens with zero attached hydrogens (tertiary/aromatic N) is 1. The Morgan fingerprint density at radius 3 is 2.53 bits per heavy atom. The van der Waals surface area contributed by atoms with E-state index in [1.165, 1.54) is 0 Å². The fourth-order valence-corrected chi connectivity index (χ4v) is 2.34. The molecule has 1 aliphatic heterocycles. The predicted molar refractivity (Wildman–Crippen MR) is 66.0 cm³/mol. The van der Waals surface area contributed by atoms with Crippen LogP contribution in [0.3, 0.4) is 0 Å². The van der Waals surface area contributed by atoms with Crippen LogP contribution in [0, 0.1) is 5.92 Å². The molecule has 0 aliphatic carbocycles. The number of carbonyl (C=O) groups is 1. The molecule has 0 bridgehead atoms. The molecule has 17 heavy (non-hydrogen) atoms. The van der Waals surface area contributed by atoms with Gasteiger partial charge in [-0.2, -0.15) is 0 Å². The molecule has 0 aromatic carbocycles. The lowest BCUT2D eigenvalue weighted by molar-refractivity contribution is 0.174. The van der Waals surface area contributed by atoms with E-state index in [9.17, 15) is 13.2 Å². The van der Waals surface area contributed by atoms with Crippen LogP contribution in [0.15, 0.2) is 0 Å². The Balaban J connectivity index is 2.17. The third-order valence-corrected chi connectivity index (χ3v) is 3.81. The average Bonchev–Trinajstić information content (AvgIpc) is 2.24. The summed E-state index contributed by atoms with van der Waals surface area (Å²) in [5, 5.41) is 7.57. The van der Waals surface area contributed by atoms with Gasteiger partial charge in [-0.05, 0) is 25.2 Å². The maximum atomic E-state index is 11.7. The van der Waals surface area contributed by atoms with E-state index in [2.05, 4.69) is 12.2 Å². The van der Waals surface area contributed by atoms with Crippen molar-refractivity contribution >= 4 is 16.1 Å². The smallest absolute Gasteiger partial charge is 0.317 e. The number of likely N-dealkylation sites (tertiary alicyclic amines) is 1. The highest BCUT2D eigenvalue weighted by atomic mass is 32.2. The monoisotopic (exact) mass is 263 g/mol. The summed E-state index contributed by atoms with van der Waals surface area (Å²) in [5.74, 6) is 0.589. The minimum absolute atomic E-state index is 0.0929. The zero-order valence-corrected chi connectivity index (χ0v) is 11.0. The van der Waals surface area contributed by atoms with Crippen molar-refractivity contribution in [3.05, 3.63) is 0 Å². The molecule has 1 rings (SSSR count). The zero-order chi connectivity index (χ0) is 12.9. The molecule has 0 radical (unpaired) electrons. The molecule has 7 heteroatoms. The molecular weight excluding hydrogens is 242 g/mol. The molecule has 0 atom stereocenters. The van der Waals surface area contributed by atoms with Crippen LogP contribution >= 0.6 is 0 Å². The molecule has 100 valence electrons. The Morgan fingerprint density at radius 1 is 1.41 bits per heavy atom. The predicted octanol–water partition coefficient (Wildman–Crippen LogP) is 0.107. The molecule has 1 fully saturated rings. The van der Waals surface area contributed by atoms with Crippen LogP contribution in [-0.2, 0) is 10.0 Å². The van der Waals surface area contributed by atoms with E-state index in [0.717, 1.165) is 25.9 Å². The maximum Gasteiger partial charge on any atom is 0.317 e. The van der Waals surface area contributed by atoms with Gasteiger partial charge in [0.15, 0.2) is 0 Å². The summed E-state index contributed by atoms with van der Waals surface area (Å²) in [4.78, 5) is 13.4. The van der Waals surface area contributed by atoms with Gasteiger partial charge in [0.2, 0.25) is 10.0 Å². The number of primary sulfonamides is 1. The first kappa shape index (κ1) is 14.2. The summed E-state index contributed by atoms with van der Waals surface area (Å²) in [6.45, 7) is 4.09. The first-order valence-corrected chi connectivity index (χ1v) is 7.63. The Hall–Kier alpha value is -0.820. The maximum absolute atomic E-state index is 11.7. The molecule has 0 unspecified atom stereocenters. The second-order valence-electron chi connectivity index (χ2n) is 4.62. The molecular formula is C10H21N3O3S. The summed E-state index contributed by atoms with van der Waals surface area (Å²) in [6, 6.07) is -0.105. The van der Waals surface area contributed by atoms with Gasteiger partial charge in [0.25, 0.3) is 0 Å². The summed E-state index contributed by atoms with van der Waals surface area (Å²) < 4.78 is 21.3. The Labute approximate surface area is 103 Å². The number of piperidine rings is 1. The minimum Gasteiger partial charge on any atom is -0.338 e. The van der Waals surface area contributed by atoms with Gasteiger partial charge in [0.05, 0.1) is 5.75 Å². The third-order valence-electron chi connectivity index (χ3n) is 2.95. The molecule has 1 saturated heterocycles. The normalized spacial score (nSPS) is 18.1. The highest BCUT2D eigenvalue weighted by molar-refractivity contribution is 7.89. The van der Waals surface area contributed by atoms with Gasteiger partial charge in [-0.1, -0.05) is 6.92 Å². The molecule has 0 aromatic rings. The Morgan fingerprint density at radius 2 is 2.00 bits per heavy atom. The second kappa shape index (κ2) is 6.20. The van der Waals surface area contributed by atoms with E-state index in [0.29, 0.717) is 18.9 Å². The van der Waals surface area contributed by atoms with Crippen molar-refractivity contribution in [1.82, 2.24) is 10.2 Å². The fraction of sp³-hybridized carbons (Fsp3) is 0.900. The first-order valence-electron chi connectivity index (χ1n) is 5.92. The molecule has 0 saturated carbocycles. The highest BCUT2D eigenvalue weighted by Crippen LogP contribution is 2.15. The van der Waals surface area contributed by atoms with E-state index in [-0.39, 0.29) is 11.8 Å². The lowest BCUT2D eigenvalue weighted by Crippen LogP contribution is -2.44. The van der Waals surface area contributed by atoms with Crippen molar-refractivity contribution in [1.29, 1.82) is 0 Å². The first-order chi connectivity index (χ1) is 7.88. The Kier molecular flexibility index (Phi) is 5.20. The molecule has 1 aliphatic rings. The lowest BCUT2D eigenvalue weighted by Gasteiger charge is -2.30. The SMILES string of the molecule is CC1CCN(C(=O)NCCCS(N)(=O)=O)CC1. The molecule has 6 nitrogen and oxygen atoms in total. The Bertz CT molecular complexity index is 348. The van der Waals surface area contributed by atoms with Crippen molar-refractivity contribution < 1.29 is 13.2 Å². The number of hydrogen-bond donors (Lipinski definition) is 2. The average molecular weight is 263 g/mol. The number of rotatable bonds is 4. The fourth-order valence-electron chi connectivity index (χ4n) is 1.79. The second-order valence-corrected chi connectivity index (χ2v) is 6.36. The van der Waals surface area contributed by atoms with Crippen LogP contribution in [0.25, 0.3) is 0 Å². The van der Waals surface area contributed by atoms with Crippen LogP contribution in [-0.4, -0.2) is 44.7 Å². The van der Waals surface area contributed by atoms with E-state index in [1.54, 1.807) is 4.90 Å². The standard InChI is InChI=1S/C10H21N3O3S/c1-9-3-6-13(7-4-9)10(14)12-5-2-8-17(11,15)16/h9H,2-8H2,1H3,(H,12,14)(H2,11,15,16). The third kappa shape index (κ3) is 5.88. The van der Waals surface area contributed by atoms with Crippen molar-refractivity contribution in [3.63, 3.8) is 0 Å². The van der Waals surface area contributed by atoms with Gasteiger partial charge in [-0.3, -0.25) is 0 Å². The van der Waals surface area contributed by atoms with Crippen LogP contribution in [0.1, 0.15) is 26.2 Å². The summed E-state index contributed by atoms with van der Waals surface area (Å²) in [5.41, 5.74) is 0. The van der Waals surface area contributed by atoms with Crippen molar-refractivity contribution in [2.45, 2.75) is 26.2 Å². The summed E-state index contributed by atoms with van der Waals surface area (Å²) in [6.07, 6.45) is 2.42. The number of carbonyl (C=O) groups excluding carboxylic acids is 1. The van der Waals surface area contributed by atoms with Gasteiger partial charge < -0.3 is 10.2 Å². The van der Waals surface area contributed by atoms with Crippen molar-refractivity contribution in [2.75, 3.05) is 25.4 Å². The number of nitrogens with two attached hydrogens (primary N) is 1. The van der Waals surface area contributed by atoms with Gasteiger partial charge in [0.1, 0.15) is 0 Å². The molecule has 0 spiro atoms. The van der Waals surface area contributed by atoms with Gasteiger partial charge in [-0.15, -0.1) is 0 Å². The van der Waals surface area contributed by atoms with Crippen LogP contribution in [0.2, 0.25) is 0 Å². The van der Waals surface area contributed by atoms with Gasteiger partial charge in [0, 0.05) is 19.6 Å². The quantitative estimate of drug-likeness (QED) is 0.705. The van der Waals surface area contributed by atoms with Gasteiger partial charge >= 0.3 is 6.03 Å². The molecule has 2 amide bonds. The van der Waals surface area contributed by atoms with Crippen LogP contribution in [0.4, 0.5) is 4.79 Å². The van der Waals surface area contributed by atoms with E-state index < -0.39 is 10.0 Å². The number of hydrogen-bond acceptors (Lipinski definition) is 3. The molecule has 0 aromatic heterocycles. The van der Waals surface area contributed by atoms with Crippen LogP contribution < -0.4 is 10.5 Å². The summed E-state index contributed by atoms with van der Waals surface area (Å²) in [7, 11) is -3.42. The number of amides is 2. The van der Waals surface area contributed by atoms with E-state index in [1.807, 2.05) is 0 Å². The highest BCUT2D eigenvalue weighted by Gasteiger charge is 2.19. The summed E-state index contributed by atoms with van der Waals surface area (Å²) >= 11 is 0. The number of nitrogens with one attached hydrogen (secondary N) is 1. The van der Waals surface area contributed by atoms with E-state index in [4.69, 9.17) is 5.14 Å². The van der Waals surface area contributed by atoms with Crippen LogP contribution in [0.5, 0.6) is 0 Å². The van der Waals surface area contributed by atoms with Gasteiger partial charge in [-0.25, -0.2) is 18.4 Å². The van der Waals surface area contributed by atoms with Crippen molar-refractivity contribution in [3.8, 4) is 0 Å². The number of sulfonamides is 1. The zero-order valence-electron chi connectivity index (χ0n) is 10.2. The topological polar surface area (TPSA) is 92.5 Å².